The van der Waals surface area contributed by atoms with Crippen molar-refractivity contribution in [2.24, 2.45) is 7.05 Å². The molecule has 25 heavy (non-hydrogen) atoms. The first-order chi connectivity index (χ1) is 11.8. The van der Waals surface area contributed by atoms with Gasteiger partial charge in [0.25, 0.3) is 0 Å². The van der Waals surface area contributed by atoms with Crippen LogP contribution in [0.4, 0.5) is 22.0 Å². The molecule has 0 aliphatic heterocycles. The minimum atomic E-state index is -4.53. The zero-order valence-electron chi connectivity index (χ0n) is 12.8. The van der Waals surface area contributed by atoms with Gasteiger partial charge in [0.05, 0.1) is 16.1 Å². The number of rotatable bonds is 4. The molecule has 0 radical (unpaired) electrons. The molecule has 0 aliphatic carbocycles. The van der Waals surface area contributed by atoms with E-state index in [2.05, 4.69) is 5.10 Å². The van der Waals surface area contributed by atoms with E-state index in [1.165, 1.54) is 19.2 Å². The SMILES string of the molecule is Cn1nc(C(F)(F)F)cc1-c1ccc(OCc2c(F)cccc2F)s1. The molecule has 3 rings (SSSR count). The Balaban J connectivity index is 1.78. The summed E-state index contributed by atoms with van der Waals surface area (Å²) >= 11 is 1.06. The van der Waals surface area contributed by atoms with Crippen LogP contribution >= 0.6 is 11.3 Å². The molecule has 0 saturated carbocycles. The van der Waals surface area contributed by atoms with Crippen LogP contribution < -0.4 is 4.74 Å². The third-order valence-electron chi connectivity index (χ3n) is 3.42. The van der Waals surface area contributed by atoms with E-state index in [9.17, 15) is 22.0 Å². The van der Waals surface area contributed by atoms with Crippen molar-refractivity contribution >= 4 is 11.3 Å². The lowest BCUT2D eigenvalue weighted by Crippen LogP contribution is -2.06. The van der Waals surface area contributed by atoms with E-state index in [4.69, 9.17) is 4.74 Å². The van der Waals surface area contributed by atoms with Crippen molar-refractivity contribution in [3.63, 3.8) is 0 Å². The number of alkyl halides is 3. The predicted octanol–water partition coefficient (Wildman–Crippen LogP) is 5.02. The van der Waals surface area contributed by atoms with Crippen LogP contribution in [0.5, 0.6) is 5.06 Å². The van der Waals surface area contributed by atoms with Crippen molar-refractivity contribution in [1.82, 2.24) is 9.78 Å². The largest absolute Gasteiger partial charge is 0.479 e. The van der Waals surface area contributed by atoms with Crippen LogP contribution in [0.15, 0.2) is 36.4 Å². The second kappa shape index (κ2) is 6.47. The number of hydrogen-bond acceptors (Lipinski definition) is 3. The molecular weight excluding hydrogens is 363 g/mol. The second-order valence-electron chi connectivity index (χ2n) is 5.14. The van der Waals surface area contributed by atoms with Gasteiger partial charge in [0.15, 0.2) is 10.8 Å². The molecule has 0 aliphatic rings. The highest BCUT2D eigenvalue weighted by atomic mass is 32.1. The van der Waals surface area contributed by atoms with E-state index in [0.29, 0.717) is 9.94 Å². The summed E-state index contributed by atoms with van der Waals surface area (Å²) in [6.45, 7) is -0.322. The standard InChI is InChI=1S/C16H11F5N2OS/c1-23-12(7-14(22-23)16(19,20)21)13-5-6-15(25-13)24-8-9-10(17)3-2-4-11(9)18/h2-7H,8H2,1H3. The Morgan fingerprint density at radius 2 is 1.80 bits per heavy atom. The van der Waals surface area contributed by atoms with Crippen molar-refractivity contribution in [3.05, 3.63) is 59.3 Å². The highest BCUT2D eigenvalue weighted by Crippen LogP contribution is 2.36. The van der Waals surface area contributed by atoms with Gasteiger partial charge in [0.2, 0.25) is 0 Å². The van der Waals surface area contributed by atoms with Gasteiger partial charge in [-0.2, -0.15) is 18.3 Å². The van der Waals surface area contributed by atoms with Gasteiger partial charge in [-0.15, -0.1) is 0 Å². The predicted molar refractivity (Wildman–Crippen MR) is 82.2 cm³/mol. The summed E-state index contributed by atoms with van der Waals surface area (Å²) in [5.74, 6) is -1.45. The molecule has 2 aromatic heterocycles. The smallest absolute Gasteiger partial charge is 0.435 e. The second-order valence-corrected chi connectivity index (χ2v) is 6.19. The normalized spacial score (nSPS) is 11.8. The van der Waals surface area contributed by atoms with Gasteiger partial charge < -0.3 is 4.74 Å². The number of nitrogens with zero attached hydrogens (tertiary/aromatic N) is 2. The number of aromatic nitrogens is 2. The molecule has 0 spiro atoms. The summed E-state index contributed by atoms with van der Waals surface area (Å²) in [5, 5.41) is 3.77. The molecule has 3 nitrogen and oxygen atoms in total. The van der Waals surface area contributed by atoms with Crippen molar-refractivity contribution in [2.45, 2.75) is 12.8 Å². The first-order valence-corrected chi connectivity index (χ1v) is 7.84. The summed E-state index contributed by atoms with van der Waals surface area (Å²) < 4.78 is 71.7. The molecule has 0 atom stereocenters. The Morgan fingerprint density at radius 3 is 2.40 bits per heavy atom. The number of benzene rings is 1. The van der Waals surface area contributed by atoms with Crippen LogP contribution in [0.25, 0.3) is 10.6 Å². The lowest BCUT2D eigenvalue weighted by Gasteiger charge is -2.05. The molecule has 9 heteroatoms. The topological polar surface area (TPSA) is 27.1 Å². The highest BCUT2D eigenvalue weighted by molar-refractivity contribution is 7.17. The summed E-state index contributed by atoms with van der Waals surface area (Å²) in [5.41, 5.74) is -0.934. The van der Waals surface area contributed by atoms with Gasteiger partial charge in [-0.3, -0.25) is 4.68 Å². The van der Waals surface area contributed by atoms with E-state index in [0.717, 1.165) is 34.2 Å². The maximum atomic E-state index is 13.6. The minimum absolute atomic E-state index is 0.211. The monoisotopic (exact) mass is 374 g/mol. The Hall–Kier alpha value is -2.42. The molecule has 0 fully saturated rings. The molecule has 2 heterocycles. The molecule has 3 aromatic rings. The molecular formula is C16H11F5N2OS. The summed E-state index contributed by atoms with van der Waals surface area (Å²) in [6.07, 6.45) is -4.53. The molecule has 0 saturated heterocycles. The van der Waals surface area contributed by atoms with E-state index < -0.39 is 23.5 Å². The third-order valence-corrected chi connectivity index (χ3v) is 4.44. The van der Waals surface area contributed by atoms with Crippen LogP contribution in [0.2, 0.25) is 0 Å². The number of aryl methyl sites for hydroxylation is 1. The molecule has 0 N–H and O–H groups in total. The van der Waals surface area contributed by atoms with E-state index in [1.54, 1.807) is 6.07 Å². The molecule has 0 unspecified atom stereocenters. The molecule has 1 aromatic carbocycles. The highest BCUT2D eigenvalue weighted by Gasteiger charge is 2.34. The number of halogens is 5. The van der Waals surface area contributed by atoms with Crippen molar-refractivity contribution in [2.75, 3.05) is 0 Å². The first kappa shape index (κ1) is 17.4. The van der Waals surface area contributed by atoms with Crippen LogP contribution in [0.3, 0.4) is 0 Å². The maximum Gasteiger partial charge on any atom is 0.435 e. The fraction of sp³-hybridized carbons (Fsp3) is 0.188. The van der Waals surface area contributed by atoms with Crippen LogP contribution in [-0.2, 0) is 19.8 Å². The third kappa shape index (κ3) is 3.65. The quantitative estimate of drug-likeness (QED) is 0.600. The number of hydrogen-bond donors (Lipinski definition) is 0. The summed E-state index contributed by atoms with van der Waals surface area (Å²) in [7, 11) is 1.40. The fourth-order valence-corrected chi connectivity index (χ4v) is 3.09. The summed E-state index contributed by atoms with van der Waals surface area (Å²) in [6, 6.07) is 7.52. The van der Waals surface area contributed by atoms with Crippen molar-refractivity contribution in [3.8, 4) is 15.6 Å². The van der Waals surface area contributed by atoms with Gasteiger partial charge in [-0.1, -0.05) is 17.4 Å². The van der Waals surface area contributed by atoms with Gasteiger partial charge in [0, 0.05) is 7.05 Å². The van der Waals surface area contributed by atoms with Gasteiger partial charge >= 0.3 is 6.18 Å². The molecule has 0 amide bonds. The Labute approximate surface area is 143 Å². The van der Waals surface area contributed by atoms with Gasteiger partial charge in [-0.05, 0) is 30.3 Å². The van der Waals surface area contributed by atoms with Crippen LogP contribution in [0, 0.1) is 11.6 Å². The van der Waals surface area contributed by atoms with Crippen LogP contribution in [-0.4, -0.2) is 9.78 Å². The van der Waals surface area contributed by atoms with Gasteiger partial charge in [-0.25, -0.2) is 8.78 Å². The zero-order valence-corrected chi connectivity index (χ0v) is 13.6. The maximum absolute atomic E-state index is 13.6. The fourth-order valence-electron chi connectivity index (χ4n) is 2.19. The summed E-state index contributed by atoms with van der Waals surface area (Å²) in [4.78, 5) is 0.495. The van der Waals surface area contributed by atoms with Gasteiger partial charge in [0.1, 0.15) is 18.2 Å². The van der Waals surface area contributed by atoms with E-state index >= 15 is 0 Å². The Kier molecular flexibility index (Phi) is 4.51. The average molecular weight is 374 g/mol. The minimum Gasteiger partial charge on any atom is -0.479 e. The Bertz CT molecular complexity index is 880. The van der Waals surface area contributed by atoms with Crippen molar-refractivity contribution in [1.29, 1.82) is 0 Å². The van der Waals surface area contributed by atoms with E-state index in [-0.39, 0.29) is 17.9 Å². The molecule has 0 bridgehead atoms. The zero-order chi connectivity index (χ0) is 18.2. The van der Waals surface area contributed by atoms with E-state index in [1.807, 2.05) is 0 Å². The lowest BCUT2D eigenvalue weighted by atomic mass is 10.2. The van der Waals surface area contributed by atoms with Crippen LogP contribution in [0.1, 0.15) is 11.3 Å². The lowest BCUT2D eigenvalue weighted by molar-refractivity contribution is -0.141. The Morgan fingerprint density at radius 1 is 1.12 bits per heavy atom. The number of ether oxygens (including phenoxy) is 1. The molecule has 132 valence electrons. The average Bonchev–Trinajstić information content (AvgIpc) is 3.12. The number of thiophene rings is 1. The first-order valence-electron chi connectivity index (χ1n) is 7.03. The van der Waals surface area contributed by atoms with Crippen molar-refractivity contribution < 1.29 is 26.7 Å².